The van der Waals surface area contributed by atoms with Gasteiger partial charge in [-0.05, 0) is 55.2 Å². The van der Waals surface area contributed by atoms with E-state index in [0.717, 1.165) is 24.8 Å². The molecule has 0 atom stereocenters. The number of nitrogens with zero attached hydrogens (tertiary/aromatic N) is 3. The van der Waals surface area contributed by atoms with E-state index in [4.69, 9.17) is 0 Å². The van der Waals surface area contributed by atoms with E-state index in [1.165, 1.54) is 42.4 Å². The zero-order valence-electron chi connectivity index (χ0n) is 18.5. The summed E-state index contributed by atoms with van der Waals surface area (Å²) in [5.41, 5.74) is 0.987. The van der Waals surface area contributed by atoms with Crippen LogP contribution < -0.4 is 4.90 Å². The Labute approximate surface area is 191 Å². The molecule has 8 heteroatoms. The Morgan fingerprint density at radius 3 is 2.24 bits per heavy atom. The second kappa shape index (κ2) is 9.85. The van der Waals surface area contributed by atoms with E-state index in [1.54, 1.807) is 4.90 Å². The Morgan fingerprint density at radius 2 is 1.55 bits per heavy atom. The maximum absolute atomic E-state index is 13.3. The highest BCUT2D eigenvalue weighted by Gasteiger charge is 2.34. The summed E-state index contributed by atoms with van der Waals surface area (Å²) >= 11 is 0. The summed E-state index contributed by atoms with van der Waals surface area (Å²) in [4.78, 5) is 31.0. The van der Waals surface area contributed by atoms with Gasteiger partial charge in [0, 0.05) is 56.9 Å². The molecule has 33 heavy (non-hydrogen) atoms. The third kappa shape index (κ3) is 5.49. The van der Waals surface area contributed by atoms with Crippen LogP contribution in [0, 0.1) is 0 Å². The first-order chi connectivity index (χ1) is 15.8. The fourth-order valence-electron chi connectivity index (χ4n) is 4.53. The van der Waals surface area contributed by atoms with Gasteiger partial charge in [-0.2, -0.15) is 13.2 Å². The number of rotatable bonds is 4. The first kappa shape index (κ1) is 23.1. The minimum absolute atomic E-state index is 0.0615. The van der Waals surface area contributed by atoms with Crippen LogP contribution in [0.5, 0.6) is 0 Å². The summed E-state index contributed by atoms with van der Waals surface area (Å²) in [6, 6.07) is 12.9. The molecule has 0 bridgehead atoms. The van der Waals surface area contributed by atoms with E-state index in [-0.39, 0.29) is 50.0 Å². The monoisotopic (exact) mass is 459 g/mol. The second-order valence-electron chi connectivity index (χ2n) is 8.61. The lowest BCUT2D eigenvalue weighted by Crippen LogP contribution is -2.36. The molecule has 0 radical (unpaired) electrons. The van der Waals surface area contributed by atoms with Crippen LogP contribution in [0.25, 0.3) is 0 Å². The van der Waals surface area contributed by atoms with Crippen molar-refractivity contribution in [3.05, 3.63) is 65.2 Å². The number of hydrogen-bond acceptors (Lipinski definition) is 3. The van der Waals surface area contributed by atoms with Crippen LogP contribution in [0.4, 0.5) is 18.9 Å². The fraction of sp³-hybridized carbons (Fsp3) is 0.440. The Morgan fingerprint density at radius 1 is 0.848 bits per heavy atom. The molecule has 0 aromatic heterocycles. The van der Waals surface area contributed by atoms with Crippen LogP contribution in [0.2, 0.25) is 0 Å². The van der Waals surface area contributed by atoms with E-state index in [1.807, 2.05) is 24.3 Å². The van der Waals surface area contributed by atoms with Crippen LogP contribution in [0.3, 0.4) is 0 Å². The minimum atomic E-state index is -4.48. The van der Waals surface area contributed by atoms with Crippen LogP contribution in [-0.4, -0.2) is 54.3 Å². The molecule has 2 heterocycles. The van der Waals surface area contributed by atoms with Gasteiger partial charge in [-0.15, -0.1) is 0 Å². The SMILES string of the molecule is O=C1CCN(C(=O)c2ccc(N3CCCCC3)cc2)CCN1Cc1ccccc1C(F)(F)F. The maximum Gasteiger partial charge on any atom is 0.416 e. The zero-order valence-corrected chi connectivity index (χ0v) is 18.5. The number of amides is 2. The molecule has 0 N–H and O–H groups in total. The zero-order chi connectivity index (χ0) is 23.4. The fourth-order valence-corrected chi connectivity index (χ4v) is 4.53. The molecular weight excluding hydrogens is 431 g/mol. The summed E-state index contributed by atoms with van der Waals surface area (Å²) in [5.74, 6) is -0.409. The Balaban J connectivity index is 1.41. The second-order valence-corrected chi connectivity index (χ2v) is 8.61. The van der Waals surface area contributed by atoms with Crippen LogP contribution in [-0.2, 0) is 17.5 Å². The highest BCUT2D eigenvalue weighted by Crippen LogP contribution is 2.32. The molecular formula is C25H28F3N3O2. The molecule has 0 aliphatic carbocycles. The summed E-state index contributed by atoms with van der Waals surface area (Å²) in [6.45, 7) is 2.66. The van der Waals surface area contributed by atoms with Crippen molar-refractivity contribution in [2.75, 3.05) is 37.6 Å². The number of carbonyl (C=O) groups is 2. The van der Waals surface area contributed by atoms with Crippen LogP contribution in [0.15, 0.2) is 48.5 Å². The molecule has 2 amide bonds. The van der Waals surface area contributed by atoms with Gasteiger partial charge >= 0.3 is 6.18 Å². The lowest BCUT2D eigenvalue weighted by Gasteiger charge is -2.29. The average Bonchev–Trinajstić information content (AvgIpc) is 3.00. The van der Waals surface area contributed by atoms with E-state index in [0.29, 0.717) is 5.56 Å². The van der Waals surface area contributed by atoms with E-state index >= 15 is 0 Å². The highest BCUT2D eigenvalue weighted by atomic mass is 19.4. The number of carbonyl (C=O) groups excluding carboxylic acids is 2. The number of halogens is 3. The third-order valence-corrected chi connectivity index (χ3v) is 6.39. The van der Waals surface area contributed by atoms with E-state index in [9.17, 15) is 22.8 Å². The largest absolute Gasteiger partial charge is 0.416 e. The van der Waals surface area contributed by atoms with Gasteiger partial charge < -0.3 is 14.7 Å². The van der Waals surface area contributed by atoms with Gasteiger partial charge in [-0.3, -0.25) is 9.59 Å². The van der Waals surface area contributed by atoms with Crippen molar-refractivity contribution in [2.24, 2.45) is 0 Å². The molecule has 5 nitrogen and oxygen atoms in total. The van der Waals surface area contributed by atoms with Crippen molar-refractivity contribution < 1.29 is 22.8 Å². The number of piperidine rings is 1. The molecule has 2 aromatic carbocycles. The minimum Gasteiger partial charge on any atom is -0.372 e. The first-order valence-electron chi connectivity index (χ1n) is 11.4. The van der Waals surface area contributed by atoms with Crippen molar-refractivity contribution in [1.82, 2.24) is 9.80 Å². The molecule has 0 unspecified atom stereocenters. The molecule has 176 valence electrons. The predicted octanol–water partition coefficient (Wildman–Crippen LogP) is 4.57. The summed E-state index contributed by atoms with van der Waals surface area (Å²) in [5, 5.41) is 0. The van der Waals surface area contributed by atoms with Gasteiger partial charge in [0.15, 0.2) is 0 Å². The molecule has 2 aliphatic rings. The molecule has 2 aromatic rings. The molecule has 4 rings (SSSR count). The lowest BCUT2D eigenvalue weighted by molar-refractivity contribution is -0.139. The highest BCUT2D eigenvalue weighted by molar-refractivity contribution is 5.95. The standard InChI is InChI=1S/C25H28F3N3O2/c26-25(27,28)22-7-3-2-6-20(22)18-31-17-16-30(15-12-23(31)32)24(33)19-8-10-21(11-9-19)29-13-4-1-5-14-29/h2-3,6-11H,1,4-5,12-18H2. The average molecular weight is 460 g/mol. The number of anilines is 1. The summed E-state index contributed by atoms with van der Waals surface area (Å²) in [7, 11) is 0. The molecule has 2 fully saturated rings. The first-order valence-corrected chi connectivity index (χ1v) is 11.4. The van der Waals surface area contributed by atoms with Crippen LogP contribution in [0.1, 0.15) is 47.2 Å². The summed E-state index contributed by atoms with van der Waals surface area (Å²) < 4.78 is 40.0. The molecule has 0 spiro atoms. The third-order valence-electron chi connectivity index (χ3n) is 6.39. The van der Waals surface area contributed by atoms with E-state index < -0.39 is 11.7 Å². The molecule has 2 saturated heterocycles. The van der Waals surface area contributed by atoms with Crippen LogP contribution >= 0.6 is 0 Å². The van der Waals surface area contributed by atoms with Crippen molar-refractivity contribution in [3.63, 3.8) is 0 Å². The summed E-state index contributed by atoms with van der Waals surface area (Å²) in [6.07, 6.45) is -0.794. The van der Waals surface area contributed by atoms with Gasteiger partial charge in [0.05, 0.1) is 5.56 Å². The van der Waals surface area contributed by atoms with E-state index in [2.05, 4.69) is 4.90 Å². The van der Waals surface area contributed by atoms with Gasteiger partial charge in [-0.25, -0.2) is 0 Å². The van der Waals surface area contributed by atoms with Gasteiger partial charge in [0.1, 0.15) is 0 Å². The smallest absolute Gasteiger partial charge is 0.372 e. The Kier molecular flexibility index (Phi) is 6.91. The molecule has 2 aliphatic heterocycles. The lowest BCUT2D eigenvalue weighted by atomic mass is 10.1. The number of hydrogen-bond donors (Lipinski definition) is 0. The van der Waals surface area contributed by atoms with Gasteiger partial charge in [0.25, 0.3) is 5.91 Å². The Hall–Kier alpha value is -3.03. The normalized spacial score (nSPS) is 17.8. The Bertz CT molecular complexity index is 985. The number of benzene rings is 2. The number of alkyl halides is 3. The van der Waals surface area contributed by atoms with Crippen molar-refractivity contribution in [3.8, 4) is 0 Å². The van der Waals surface area contributed by atoms with Crippen molar-refractivity contribution in [1.29, 1.82) is 0 Å². The van der Waals surface area contributed by atoms with Gasteiger partial charge in [-0.1, -0.05) is 18.2 Å². The predicted molar refractivity (Wildman–Crippen MR) is 120 cm³/mol. The van der Waals surface area contributed by atoms with Gasteiger partial charge in [0.2, 0.25) is 5.91 Å². The topological polar surface area (TPSA) is 43.9 Å². The molecule has 0 saturated carbocycles. The maximum atomic E-state index is 13.3. The quantitative estimate of drug-likeness (QED) is 0.673. The van der Waals surface area contributed by atoms with Crippen molar-refractivity contribution in [2.45, 2.75) is 38.4 Å². The van der Waals surface area contributed by atoms with Crippen molar-refractivity contribution >= 4 is 17.5 Å².